The molecule has 1 aromatic carbocycles. The topological polar surface area (TPSA) is 42.9 Å². The molecule has 0 atom stereocenters. The monoisotopic (exact) mass is 300 g/mol. The van der Waals surface area contributed by atoms with Crippen LogP contribution in [-0.4, -0.2) is 15.4 Å². The minimum absolute atomic E-state index is 0.00669. The minimum Gasteiger partial charge on any atom is -0.288 e. The van der Waals surface area contributed by atoms with Crippen LogP contribution >= 0.6 is 11.5 Å². The van der Waals surface area contributed by atoms with E-state index in [0.29, 0.717) is 10.6 Å². The maximum atomic E-state index is 12.6. The summed E-state index contributed by atoms with van der Waals surface area (Å²) in [6.45, 7) is 3.69. The zero-order valence-electron chi connectivity index (χ0n) is 10.7. The van der Waals surface area contributed by atoms with E-state index in [9.17, 15) is 18.0 Å². The first-order chi connectivity index (χ1) is 9.30. The molecule has 0 aliphatic heterocycles. The second-order valence-electron chi connectivity index (χ2n) is 4.55. The molecule has 0 bridgehead atoms. The molecule has 0 amide bonds. The summed E-state index contributed by atoms with van der Waals surface area (Å²) in [6.07, 6.45) is -4.47. The Balaban J connectivity index is 2.41. The van der Waals surface area contributed by atoms with Crippen molar-refractivity contribution < 1.29 is 18.0 Å². The molecule has 0 aliphatic carbocycles. The average molecular weight is 300 g/mol. The van der Waals surface area contributed by atoms with Gasteiger partial charge in [-0.2, -0.15) is 13.2 Å². The average Bonchev–Trinajstić information content (AvgIpc) is 2.86. The molecule has 0 saturated carbocycles. The first-order valence-electron chi connectivity index (χ1n) is 5.85. The van der Waals surface area contributed by atoms with Gasteiger partial charge in [-0.05, 0) is 29.6 Å². The molecule has 7 heteroatoms. The predicted octanol–water partition coefficient (Wildman–Crippen LogP) is 3.91. The Labute approximate surface area is 117 Å². The number of halogens is 3. The van der Waals surface area contributed by atoms with E-state index in [1.165, 1.54) is 12.1 Å². The summed E-state index contributed by atoms with van der Waals surface area (Å²) >= 11 is 0.902. The number of nitrogens with zero attached hydrogens (tertiary/aromatic N) is 2. The summed E-state index contributed by atoms with van der Waals surface area (Å²) in [7, 11) is 0. The van der Waals surface area contributed by atoms with Crippen LogP contribution < -0.4 is 0 Å². The molecule has 0 saturated heterocycles. The third-order valence-corrected chi connectivity index (χ3v) is 3.46. The van der Waals surface area contributed by atoms with E-state index in [4.69, 9.17) is 0 Å². The van der Waals surface area contributed by atoms with E-state index >= 15 is 0 Å². The number of hydrogen-bond acceptors (Lipinski definition) is 4. The van der Waals surface area contributed by atoms with Crippen LogP contribution in [0.1, 0.15) is 46.3 Å². The van der Waals surface area contributed by atoms with E-state index < -0.39 is 17.5 Å². The van der Waals surface area contributed by atoms with Crippen molar-refractivity contribution in [2.75, 3.05) is 0 Å². The Hall–Kier alpha value is -1.76. The van der Waals surface area contributed by atoms with Gasteiger partial charge in [0.2, 0.25) is 5.78 Å². The standard InChI is InChI=1S/C13H11F3N2OS/c1-7(2)10-12(20-18-17-10)11(19)8-4-3-5-9(6-8)13(14,15)16/h3-7H,1-2H3. The molecule has 0 fully saturated rings. The van der Waals surface area contributed by atoms with Gasteiger partial charge >= 0.3 is 6.18 Å². The van der Waals surface area contributed by atoms with Crippen molar-refractivity contribution in [2.24, 2.45) is 0 Å². The van der Waals surface area contributed by atoms with Gasteiger partial charge in [-0.25, -0.2) is 0 Å². The lowest BCUT2D eigenvalue weighted by atomic mass is 10.0. The Morgan fingerprint density at radius 3 is 2.60 bits per heavy atom. The van der Waals surface area contributed by atoms with Gasteiger partial charge in [0, 0.05) is 5.56 Å². The van der Waals surface area contributed by atoms with E-state index in [1.54, 1.807) is 0 Å². The number of carbonyl (C=O) groups excluding carboxylic acids is 1. The van der Waals surface area contributed by atoms with Gasteiger partial charge in [0.25, 0.3) is 0 Å². The maximum Gasteiger partial charge on any atom is 0.416 e. The lowest BCUT2D eigenvalue weighted by Gasteiger charge is -2.08. The van der Waals surface area contributed by atoms with Gasteiger partial charge in [0.15, 0.2) is 0 Å². The molecule has 2 aromatic rings. The van der Waals surface area contributed by atoms with E-state index in [-0.39, 0.29) is 11.5 Å². The number of ketones is 1. The fourth-order valence-corrected chi connectivity index (χ4v) is 2.48. The first-order valence-corrected chi connectivity index (χ1v) is 6.62. The highest BCUT2D eigenvalue weighted by atomic mass is 32.1. The molecular weight excluding hydrogens is 289 g/mol. The molecule has 0 aliphatic rings. The van der Waals surface area contributed by atoms with Crippen LogP contribution in [0.4, 0.5) is 13.2 Å². The second kappa shape index (κ2) is 5.32. The number of hydrogen-bond donors (Lipinski definition) is 0. The van der Waals surface area contributed by atoms with Crippen molar-refractivity contribution in [2.45, 2.75) is 25.9 Å². The molecule has 0 spiro atoms. The van der Waals surface area contributed by atoms with Crippen LogP contribution in [0, 0.1) is 0 Å². The van der Waals surface area contributed by atoms with Crippen LogP contribution in [0.2, 0.25) is 0 Å². The molecule has 2 rings (SSSR count). The van der Waals surface area contributed by atoms with Gasteiger partial charge in [0.1, 0.15) is 4.88 Å². The Kier molecular flexibility index (Phi) is 3.89. The van der Waals surface area contributed by atoms with Crippen molar-refractivity contribution in [1.82, 2.24) is 9.59 Å². The normalized spacial score (nSPS) is 11.9. The smallest absolute Gasteiger partial charge is 0.288 e. The Morgan fingerprint density at radius 2 is 2.00 bits per heavy atom. The largest absolute Gasteiger partial charge is 0.416 e. The predicted molar refractivity (Wildman–Crippen MR) is 68.9 cm³/mol. The van der Waals surface area contributed by atoms with Gasteiger partial charge in [-0.15, -0.1) is 5.10 Å². The van der Waals surface area contributed by atoms with Crippen LogP contribution in [0.3, 0.4) is 0 Å². The Bertz CT molecular complexity index is 635. The molecule has 0 N–H and O–H groups in total. The first kappa shape index (κ1) is 14.6. The van der Waals surface area contributed by atoms with E-state index in [1.807, 2.05) is 13.8 Å². The number of carbonyl (C=O) groups is 1. The zero-order valence-corrected chi connectivity index (χ0v) is 11.5. The number of benzene rings is 1. The summed E-state index contributed by atoms with van der Waals surface area (Å²) in [5.41, 5.74) is -0.336. The highest BCUT2D eigenvalue weighted by Crippen LogP contribution is 2.30. The van der Waals surface area contributed by atoms with E-state index in [0.717, 1.165) is 23.7 Å². The van der Waals surface area contributed by atoms with E-state index in [2.05, 4.69) is 9.59 Å². The van der Waals surface area contributed by atoms with Crippen molar-refractivity contribution in [3.63, 3.8) is 0 Å². The SMILES string of the molecule is CC(C)c1nnsc1C(=O)c1cccc(C(F)(F)F)c1. The Morgan fingerprint density at radius 1 is 1.30 bits per heavy atom. The molecule has 1 heterocycles. The van der Waals surface area contributed by atoms with Crippen LogP contribution in [0.25, 0.3) is 0 Å². The third kappa shape index (κ3) is 2.87. The van der Waals surface area contributed by atoms with Crippen molar-refractivity contribution in [3.8, 4) is 0 Å². The lowest BCUT2D eigenvalue weighted by molar-refractivity contribution is -0.137. The molecular formula is C13H11F3N2OS. The maximum absolute atomic E-state index is 12.6. The molecule has 3 nitrogen and oxygen atoms in total. The lowest BCUT2D eigenvalue weighted by Crippen LogP contribution is -2.09. The van der Waals surface area contributed by atoms with Gasteiger partial charge in [-0.1, -0.05) is 30.5 Å². The molecule has 20 heavy (non-hydrogen) atoms. The number of rotatable bonds is 3. The molecule has 106 valence electrons. The van der Waals surface area contributed by atoms with Gasteiger partial charge in [0.05, 0.1) is 11.3 Å². The fraction of sp³-hybridized carbons (Fsp3) is 0.308. The van der Waals surface area contributed by atoms with Crippen molar-refractivity contribution in [1.29, 1.82) is 0 Å². The summed E-state index contributed by atoms with van der Waals surface area (Å²) in [4.78, 5) is 12.6. The quantitative estimate of drug-likeness (QED) is 0.807. The van der Waals surface area contributed by atoms with Crippen LogP contribution in [0.15, 0.2) is 24.3 Å². The minimum atomic E-state index is -4.47. The third-order valence-electron chi connectivity index (χ3n) is 2.72. The highest BCUT2D eigenvalue weighted by Gasteiger charge is 2.31. The van der Waals surface area contributed by atoms with Crippen LogP contribution in [-0.2, 0) is 6.18 Å². The van der Waals surface area contributed by atoms with Crippen LogP contribution in [0.5, 0.6) is 0 Å². The summed E-state index contributed by atoms with van der Waals surface area (Å²) in [5.74, 6) is -0.492. The summed E-state index contributed by atoms with van der Waals surface area (Å²) in [5, 5.41) is 3.86. The van der Waals surface area contributed by atoms with Crippen molar-refractivity contribution in [3.05, 3.63) is 46.0 Å². The summed E-state index contributed by atoms with van der Waals surface area (Å²) < 4.78 is 41.7. The van der Waals surface area contributed by atoms with Gasteiger partial charge in [-0.3, -0.25) is 4.79 Å². The zero-order chi connectivity index (χ0) is 14.9. The summed E-state index contributed by atoms with van der Waals surface area (Å²) in [6, 6.07) is 4.37. The molecule has 1 aromatic heterocycles. The number of alkyl halides is 3. The molecule has 0 unspecified atom stereocenters. The second-order valence-corrected chi connectivity index (χ2v) is 5.30. The van der Waals surface area contributed by atoms with Crippen molar-refractivity contribution >= 4 is 17.3 Å². The molecule has 0 radical (unpaired) electrons. The number of aromatic nitrogens is 2. The fourth-order valence-electron chi connectivity index (χ4n) is 1.70. The highest BCUT2D eigenvalue weighted by molar-refractivity contribution is 7.08. The van der Waals surface area contributed by atoms with Gasteiger partial charge < -0.3 is 0 Å².